The van der Waals surface area contributed by atoms with Crippen LogP contribution in [0.25, 0.3) is 21.8 Å². The van der Waals surface area contributed by atoms with E-state index in [0.717, 1.165) is 63.3 Å². The molecule has 136 valence electrons. The van der Waals surface area contributed by atoms with Gasteiger partial charge in [-0.15, -0.1) is 0 Å². The number of aryl methyl sites for hydroxylation is 1. The third kappa shape index (κ3) is 3.37. The summed E-state index contributed by atoms with van der Waals surface area (Å²) in [6.45, 7) is 5.52. The lowest BCUT2D eigenvalue weighted by molar-refractivity contribution is 0.0371. The van der Waals surface area contributed by atoms with Crippen molar-refractivity contribution in [3.05, 3.63) is 58.5 Å². The van der Waals surface area contributed by atoms with Gasteiger partial charge in [0.1, 0.15) is 5.82 Å². The second-order valence-electron chi connectivity index (χ2n) is 6.82. The maximum atomic E-state index is 13.7. The molecule has 3 aromatic rings. The zero-order valence-corrected chi connectivity index (χ0v) is 14.8. The molecule has 0 spiro atoms. The molecule has 0 radical (unpaired) electrons. The number of hydrogen-bond acceptors (Lipinski definition) is 3. The minimum absolute atomic E-state index is 0.0975. The highest BCUT2D eigenvalue weighted by atomic mass is 19.1. The van der Waals surface area contributed by atoms with Crippen LogP contribution in [0.1, 0.15) is 12.8 Å². The summed E-state index contributed by atoms with van der Waals surface area (Å²) < 4.78 is 21.2. The Labute approximate surface area is 151 Å². The number of ether oxygens (including phenoxy) is 1. The zero-order chi connectivity index (χ0) is 17.9. The molecule has 0 atom stereocenters. The fourth-order valence-corrected chi connectivity index (χ4v) is 3.77. The second-order valence-corrected chi connectivity index (χ2v) is 6.82. The number of aromatic nitrogens is 1. The van der Waals surface area contributed by atoms with Gasteiger partial charge in [0, 0.05) is 30.4 Å². The Morgan fingerprint density at radius 1 is 0.923 bits per heavy atom. The number of halogens is 1. The van der Waals surface area contributed by atoms with Crippen LogP contribution in [-0.2, 0) is 11.3 Å². The highest BCUT2D eigenvalue weighted by molar-refractivity contribution is 5.93. The fraction of sp³-hybridized carbons (Fsp3) is 0.381. The molecule has 1 saturated heterocycles. The molecule has 2 heterocycles. The summed E-state index contributed by atoms with van der Waals surface area (Å²) in [5.74, 6) is -0.372. The van der Waals surface area contributed by atoms with Gasteiger partial charge in [0.05, 0.1) is 24.2 Å². The Bertz CT molecular complexity index is 977. The highest BCUT2D eigenvalue weighted by Crippen LogP contribution is 2.21. The zero-order valence-electron chi connectivity index (χ0n) is 14.8. The van der Waals surface area contributed by atoms with E-state index >= 15 is 0 Å². The molecule has 4 nitrogen and oxygen atoms in total. The third-order valence-electron chi connectivity index (χ3n) is 5.14. The van der Waals surface area contributed by atoms with Crippen LogP contribution in [0.3, 0.4) is 0 Å². The summed E-state index contributed by atoms with van der Waals surface area (Å²) in [6, 6.07) is 12.1. The van der Waals surface area contributed by atoms with Crippen molar-refractivity contribution < 1.29 is 9.13 Å². The van der Waals surface area contributed by atoms with Gasteiger partial charge in [0.2, 0.25) is 0 Å². The van der Waals surface area contributed by atoms with Crippen molar-refractivity contribution >= 4 is 21.8 Å². The summed E-state index contributed by atoms with van der Waals surface area (Å²) in [6.07, 6.45) is 2.10. The van der Waals surface area contributed by atoms with Gasteiger partial charge in [-0.25, -0.2) is 4.39 Å². The molecular formula is C21H23FN2O2. The Balaban J connectivity index is 1.62. The summed E-state index contributed by atoms with van der Waals surface area (Å²) in [7, 11) is 0. The monoisotopic (exact) mass is 354 g/mol. The lowest BCUT2D eigenvalue weighted by Crippen LogP contribution is -2.36. The predicted molar refractivity (Wildman–Crippen MR) is 102 cm³/mol. The van der Waals surface area contributed by atoms with E-state index in [4.69, 9.17) is 4.74 Å². The molecule has 0 unspecified atom stereocenters. The molecule has 2 aromatic carbocycles. The van der Waals surface area contributed by atoms with Gasteiger partial charge in [0.15, 0.2) is 5.43 Å². The van der Waals surface area contributed by atoms with Crippen LogP contribution in [0, 0.1) is 5.82 Å². The average molecular weight is 354 g/mol. The molecular weight excluding hydrogens is 331 g/mol. The Hall–Kier alpha value is -2.24. The Morgan fingerprint density at radius 3 is 2.50 bits per heavy atom. The number of rotatable bonds is 5. The first-order valence-electron chi connectivity index (χ1n) is 9.25. The van der Waals surface area contributed by atoms with E-state index in [-0.39, 0.29) is 11.2 Å². The number of para-hydroxylation sites is 1. The minimum atomic E-state index is -0.372. The highest BCUT2D eigenvalue weighted by Gasteiger charge is 2.12. The number of hydrogen-bond donors (Lipinski definition) is 0. The average Bonchev–Trinajstić information content (AvgIpc) is 2.68. The summed E-state index contributed by atoms with van der Waals surface area (Å²) in [5, 5.41) is 1.11. The molecule has 1 fully saturated rings. The van der Waals surface area contributed by atoms with Crippen molar-refractivity contribution in [2.75, 3.05) is 32.8 Å². The van der Waals surface area contributed by atoms with Gasteiger partial charge in [-0.2, -0.15) is 0 Å². The van der Waals surface area contributed by atoms with E-state index in [1.807, 2.05) is 24.3 Å². The van der Waals surface area contributed by atoms with Crippen molar-refractivity contribution in [1.82, 2.24) is 9.47 Å². The van der Waals surface area contributed by atoms with Crippen LogP contribution >= 0.6 is 0 Å². The number of fused-ring (bicyclic) bond motifs is 2. The van der Waals surface area contributed by atoms with Crippen LogP contribution in [0.4, 0.5) is 4.39 Å². The first-order valence-corrected chi connectivity index (χ1v) is 9.25. The largest absolute Gasteiger partial charge is 0.379 e. The molecule has 0 saturated carbocycles. The lowest BCUT2D eigenvalue weighted by Gasteiger charge is -2.26. The normalized spacial score (nSPS) is 15.7. The first-order chi connectivity index (χ1) is 12.7. The van der Waals surface area contributed by atoms with Gasteiger partial charge in [-0.05, 0) is 49.7 Å². The lowest BCUT2D eigenvalue weighted by atomic mass is 10.1. The van der Waals surface area contributed by atoms with Crippen molar-refractivity contribution in [2.45, 2.75) is 19.4 Å². The second kappa shape index (κ2) is 7.56. The molecule has 0 amide bonds. The number of morpholine rings is 1. The Morgan fingerprint density at radius 2 is 1.65 bits per heavy atom. The summed E-state index contributed by atoms with van der Waals surface area (Å²) in [4.78, 5) is 15.2. The number of benzene rings is 2. The van der Waals surface area contributed by atoms with E-state index in [2.05, 4.69) is 9.47 Å². The van der Waals surface area contributed by atoms with Crippen molar-refractivity contribution in [3.8, 4) is 0 Å². The van der Waals surface area contributed by atoms with Gasteiger partial charge in [-0.3, -0.25) is 9.69 Å². The fourth-order valence-electron chi connectivity index (χ4n) is 3.77. The van der Waals surface area contributed by atoms with Crippen LogP contribution < -0.4 is 5.43 Å². The Kier molecular flexibility index (Phi) is 5.00. The van der Waals surface area contributed by atoms with Crippen LogP contribution in [0.15, 0.2) is 47.3 Å². The molecule has 5 heteroatoms. The number of nitrogens with zero attached hydrogens (tertiary/aromatic N) is 2. The van der Waals surface area contributed by atoms with Crippen LogP contribution in [-0.4, -0.2) is 42.3 Å². The van der Waals surface area contributed by atoms with E-state index in [1.54, 1.807) is 6.07 Å². The van der Waals surface area contributed by atoms with Crippen molar-refractivity contribution in [3.63, 3.8) is 0 Å². The standard InChI is InChI=1S/C21H23FN2O2/c22-16-7-8-20-18(15-16)21(25)17-5-1-2-6-19(17)24(20)10-4-3-9-23-11-13-26-14-12-23/h1-2,5-8,15H,3-4,9-14H2. The first kappa shape index (κ1) is 17.2. The van der Waals surface area contributed by atoms with Gasteiger partial charge in [-0.1, -0.05) is 12.1 Å². The third-order valence-corrected chi connectivity index (χ3v) is 5.14. The molecule has 0 aliphatic carbocycles. The maximum absolute atomic E-state index is 13.7. The molecule has 0 bridgehead atoms. The van der Waals surface area contributed by atoms with E-state index in [0.29, 0.717) is 10.8 Å². The van der Waals surface area contributed by atoms with Crippen LogP contribution in [0.2, 0.25) is 0 Å². The molecule has 1 aliphatic rings. The maximum Gasteiger partial charge on any atom is 0.197 e. The van der Waals surface area contributed by atoms with Crippen molar-refractivity contribution in [2.24, 2.45) is 0 Å². The predicted octanol–water partition coefficient (Wildman–Crippen LogP) is 3.41. The molecule has 1 aromatic heterocycles. The van der Waals surface area contributed by atoms with Crippen LogP contribution in [0.5, 0.6) is 0 Å². The number of pyridine rings is 1. The van der Waals surface area contributed by atoms with Gasteiger partial charge < -0.3 is 9.30 Å². The summed E-state index contributed by atoms with van der Waals surface area (Å²) >= 11 is 0. The SMILES string of the molecule is O=c1c2ccccc2n(CCCCN2CCOCC2)c2ccc(F)cc12. The quantitative estimate of drug-likeness (QED) is 0.520. The molecule has 26 heavy (non-hydrogen) atoms. The van der Waals surface area contributed by atoms with E-state index in [9.17, 15) is 9.18 Å². The molecule has 1 aliphatic heterocycles. The van der Waals surface area contributed by atoms with E-state index < -0.39 is 0 Å². The molecule has 4 rings (SSSR count). The van der Waals surface area contributed by atoms with E-state index in [1.165, 1.54) is 12.1 Å². The smallest absolute Gasteiger partial charge is 0.197 e. The topological polar surface area (TPSA) is 34.5 Å². The minimum Gasteiger partial charge on any atom is -0.379 e. The molecule has 0 N–H and O–H groups in total. The summed E-state index contributed by atoms with van der Waals surface area (Å²) in [5.41, 5.74) is 1.63. The van der Waals surface area contributed by atoms with Gasteiger partial charge >= 0.3 is 0 Å². The van der Waals surface area contributed by atoms with Gasteiger partial charge in [0.25, 0.3) is 0 Å². The van der Waals surface area contributed by atoms with Crippen molar-refractivity contribution in [1.29, 1.82) is 0 Å². The number of unbranched alkanes of at least 4 members (excludes halogenated alkanes) is 1.